The van der Waals surface area contributed by atoms with E-state index in [1.165, 1.54) is 30.8 Å². The van der Waals surface area contributed by atoms with E-state index in [1.54, 1.807) is 0 Å². The lowest BCUT2D eigenvalue weighted by molar-refractivity contribution is 0.554. The minimum Gasteiger partial charge on any atom is -0.350 e. The van der Waals surface area contributed by atoms with E-state index in [1.807, 2.05) is 0 Å². The average Bonchev–Trinajstić information content (AvgIpc) is 2.72. The van der Waals surface area contributed by atoms with Gasteiger partial charge < -0.3 is 4.90 Å². The second-order valence-corrected chi connectivity index (χ2v) is 6.85. The maximum Gasteiger partial charge on any atom is 0.204 e. The smallest absolute Gasteiger partial charge is 0.204 e. The van der Waals surface area contributed by atoms with Crippen LogP contribution < -0.4 is 4.90 Å². The molecule has 0 N–H and O–H groups in total. The van der Waals surface area contributed by atoms with Crippen molar-refractivity contribution in [1.29, 1.82) is 0 Å². The zero-order valence-electron chi connectivity index (χ0n) is 11.2. The van der Waals surface area contributed by atoms with E-state index in [9.17, 15) is 0 Å². The Morgan fingerprint density at radius 1 is 1.24 bits per heavy atom. The monoisotopic (exact) mass is 319 g/mol. The van der Waals surface area contributed by atoms with Crippen molar-refractivity contribution in [3.63, 3.8) is 0 Å². The molecule has 0 atom stereocenters. The molecule has 1 rings (SSSR count). The molecule has 0 unspecified atom stereocenters. The molecule has 98 valence electrons. The Labute approximate surface area is 117 Å². The summed E-state index contributed by atoms with van der Waals surface area (Å²) in [6, 6.07) is 0. The van der Waals surface area contributed by atoms with Crippen LogP contribution >= 0.6 is 27.5 Å². The molecular formula is C12H22BrN3S. The number of anilines is 1. The van der Waals surface area contributed by atoms with Gasteiger partial charge in [-0.2, -0.15) is 4.37 Å². The third kappa shape index (κ3) is 4.92. The van der Waals surface area contributed by atoms with Gasteiger partial charge in [0.25, 0.3) is 0 Å². The van der Waals surface area contributed by atoms with Gasteiger partial charge in [0.1, 0.15) is 5.82 Å². The van der Waals surface area contributed by atoms with Crippen LogP contribution in [0.2, 0.25) is 0 Å². The maximum absolute atomic E-state index is 4.60. The van der Waals surface area contributed by atoms with Gasteiger partial charge >= 0.3 is 0 Å². The van der Waals surface area contributed by atoms with E-state index >= 15 is 0 Å². The molecule has 0 spiro atoms. The predicted molar refractivity (Wildman–Crippen MR) is 79.5 cm³/mol. The van der Waals surface area contributed by atoms with Gasteiger partial charge in [-0.1, -0.05) is 43.1 Å². The number of unbranched alkanes of at least 4 members (excludes halogenated alkanes) is 2. The molecule has 1 heterocycles. The summed E-state index contributed by atoms with van der Waals surface area (Å²) in [7, 11) is 2.10. The molecule has 0 saturated heterocycles. The van der Waals surface area contributed by atoms with Gasteiger partial charge in [-0.05, 0) is 12.8 Å². The molecule has 1 aromatic rings. The second-order valence-electron chi connectivity index (χ2n) is 5.32. The van der Waals surface area contributed by atoms with Crippen LogP contribution in [0.25, 0.3) is 0 Å². The molecule has 0 aliphatic rings. The van der Waals surface area contributed by atoms with Gasteiger partial charge in [-0.15, -0.1) is 0 Å². The molecule has 17 heavy (non-hydrogen) atoms. The Hall–Kier alpha value is -0.160. The topological polar surface area (TPSA) is 29.0 Å². The third-order valence-corrected chi connectivity index (χ3v) is 3.93. The first-order chi connectivity index (χ1) is 7.95. The van der Waals surface area contributed by atoms with Crippen molar-refractivity contribution in [3.8, 4) is 0 Å². The summed E-state index contributed by atoms with van der Waals surface area (Å²) < 4.78 is 4.43. The van der Waals surface area contributed by atoms with Gasteiger partial charge in [0.15, 0.2) is 0 Å². The van der Waals surface area contributed by atoms with E-state index in [-0.39, 0.29) is 5.41 Å². The van der Waals surface area contributed by atoms with Crippen molar-refractivity contribution in [3.05, 3.63) is 5.82 Å². The molecule has 0 saturated carbocycles. The Morgan fingerprint density at radius 3 is 2.47 bits per heavy atom. The van der Waals surface area contributed by atoms with E-state index in [4.69, 9.17) is 0 Å². The largest absolute Gasteiger partial charge is 0.350 e. The number of hydrogen-bond acceptors (Lipinski definition) is 4. The van der Waals surface area contributed by atoms with Crippen LogP contribution in [0.1, 0.15) is 45.9 Å². The van der Waals surface area contributed by atoms with Gasteiger partial charge in [0, 0.05) is 35.9 Å². The van der Waals surface area contributed by atoms with Gasteiger partial charge in [0.05, 0.1) is 0 Å². The Balaban J connectivity index is 2.47. The predicted octanol–water partition coefficient (Wildman–Crippen LogP) is 3.84. The SMILES string of the molecule is CN(CCCCCBr)c1nc(C(C)(C)C)ns1. The highest BCUT2D eigenvalue weighted by molar-refractivity contribution is 9.09. The number of aromatic nitrogens is 2. The standard InChI is InChI=1S/C12H22BrN3S/c1-12(2,3)10-14-11(17-15-10)16(4)9-7-5-6-8-13/h5-9H2,1-4H3. The molecule has 1 aromatic heterocycles. The van der Waals surface area contributed by atoms with Crippen molar-refractivity contribution in [2.45, 2.75) is 45.4 Å². The highest BCUT2D eigenvalue weighted by Crippen LogP contribution is 2.24. The van der Waals surface area contributed by atoms with Gasteiger partial charge in [-0.3, -0.25) is 0 Å². The first kappa shape index (κ1) is 14.9. The lowest BCUT2D eigenvalue weighted by Gasteiger charge is -2.15. The zero-order valence-corrected chi connectivity index (χ0v) is 13.6. The van der Waals surface area contributed by atoms with Gasteiger partial charge in [-0.25, -0.2) is 4.98 Å². The van der Waals surface area contributed by atoms with Crippen LogP contribution in [0.5, 0.6) is 0 Å². The average molecular weight is 320 g/mol. The summed E-state index contributed by atoms with van der Waals surface area (Å²) in [6.07, 6.45) is 3.73. The molecule has 0 amide bonds. The highest BCUT2D eigenvalue weighted by Gasteiger charge is 2.20. The number of hydrogen-bond donors (Lipinski definition) is 0. The van der Waals surface area contributed by atoms with Gasteiger partial charge in [0.2, 0.25) is 5.13 Å². The summed E-state index contributed by atoms with van der Waals surface area (Å²) in [6.45, 7) is 7.50. The summed E-state index contributed by atoms with van der Waals surface area (Å²) in [5.74, 6) is 0.949. The summed E-state index contributed by atoms with van der Waals surface area (Å²) in [5, 5.41) is 2.14. The summed E-state index contributed by atoms with van der Waals surface area (Å²) in [4.78, 5) is 6.81. The fourth-order valence-corrected chi connectivity index (χ4v) is 2.63. The molecule has 0 bridgehead atoms. The minimum absolute atomic E-state index is 0.0472. The summed E-state index contributed by atoms with van der Waals surface area (Å²) in [5.41, 5.74) is 0.0472. The number of rotatable bonds is 6. The molecule has 5 heteroatoms. The molecule has 0 aromatic carbocycles. The van der Waals surface area contributed by atoms with Crippen LogP contribution in [-0.4, -0.2) is 28.3 Å². The zero-order chi connectivity index (χ0) is 12.9. The fraction of sp³-hybridized carbons (Fsp3) is 0.833. The van der Waals surface area contributed by atoms with Crippen LogP contribution in [0.4, 0.5) is 5.13 Å². The maximum atomic E-state index is 4.60. The lowest BCUT2D eigenvalue weighted by atomic mass is 9.96. The molecule has 0 aliphatic heterocycles. The fourth-order valence-electron chi connectivity index (χ4n) is 1.39. The first-order valence-electron chi connectivity index (χ1n) is 6.06. The second kappa shape index (κ2) is 6.69. The molecular weight excluding hydrogens is 298 g/mol. The lowest BCUT2D eigenvalue weighted by Crippen LogP contribution is -2.19. The highest BCUT2D eigenvalue weighted by atomic mass is 79.9. The Bertz CT molecular complexity index is 333. The van der Waals surface area contributed by atoms with E-state index < -0.39 is 0 Å². The van der Waals surface area contributed by atoms with Crippen molar-refractivity contribution in [1.82, 2.24) is 9.36 Å². The van der Waals surface area contributed by atoms with Crippen molar-refractivity contribution >= 4 is 32.6 Å². The van der Waals surface area contributed by atoms with Crippen LogP contribution in [0.3, 0.4) is 0 Å². The normalized spacial score (nSPS) is 11.8. The first-order valence-corrected chi connectivity index (χ1v) is 7.96. The molecule has 0 aliphatic carbocycles. The van der Waals surface area contributed by atoms with E-state index in [0.29, 0.717) is 0 Å². The van der Waals surface area contributed by atoms with Crippen LogP contribution in [0.15, 0.2) is 0 Å². The van der Waals surface area contributed by atoms with E-state index in [2.05, 4.69) is 58.0 Å². The van der Waals surface area contributed by atoms with Crippen molar-refractivity contribution in [2.75, 3.05) is 23.8 Å². The molecule has 0 fully saturated rings. The Kier molecular flexibility index (Phi) is 5.86. The Morgan fingerprint density at radius 2 is 1.94 bits per heavy atom. The number of nitrogens with zero attached hydrogens (tertiary/aromatic N) is 3. The third-order valence-electron chi connectivity index (χ3n) is 2.54. The molecule has 0 radical (unpaired) electrons. The minimum atomic E-state index is 0.0472. The van der Waals surface area contributed by atoms with E-state index in [0.717, 1.165) is 22.8 Å². The quantitative estimate of drug-likeness (QED) is 0.589. The molecule has 3 nitrogen and oxygen atoms in total. The number of halogens is 1. The van der Waals surface area contributed by atoms with Crippen molar-refractivity contribution < 1.29 is 0 Å². The van der Waals surface area contributed by atoms with Crippen LogP contribution in [-0.2, 0) is 5.41 Å². The number of alkyl halides is 1. The van der Waals surface area contributed by atoms with Crippen molar-refractivity contribution in [2.24, 2.45) is 0 Å². The summed E-state index contributed by atoms with van der Waals surface area (Å²) >= 11 is 4.96. The van der Waals surface area contributed by atoms with Crippen LogP contribution in [0, 0.1) is 0 Å².